The Morgan fingerprint density at radius 1 is 1.21 bits per heavy atom. The van der Waals surface area contributed by atoms with Gasteiger partial charge in [-0.05, 0) is 25.8 Å². The van der Waals surface area contributed by atoms with Crippen molar-refractivity contribution < 1.29 is 19.1 Å². The molecule has 0 amide bonds. The molecule has 1 heterocycles. The van der Waals surface area contributed by atoms with Gasteiger partial charge in [0.1, 0.15) is 11.7 Å². The molecule has 5 heteroatoms. The molecular weight excluding hydrogens is 306 g/mol. The van der Waals surface area contributed by atoms with E-state index in [1.807, 2.05) is 31.2 Å². The van der Waals surface area contributed by atoms with E-state index in [2.05, 4.69) is 4.99 Å². The van der Waals surface area contributed by atoms with Gasteiger partial charge in [-0.1, -0.05) is 18.2 Å². The molecule has 1 aromatic rings. The highest BCUT2D eigenvalue weighted by molar-refractivity contribution is 6.08. The molecule has 0 spiro atoms. The van der Waals surface area contributed by atoms with Gasteiger partial charge in [0.15, 0.2) is 5.78 Å². The number of ether oxygens (including phenoxy) is 2. The van der Waals surface area contributed by atoms with Gasteiger partial charge in [0.25, 0.3) is 0 Å². The first-order valence-corrected chi connectivity index (χ1v) is 8.10. The Kier molecular flexibility index (Phi) is 4.51. The third-order valence-corrected chi connectivity index (χ3v) is 4.76. The van der Waals surface area contributed by atoms with E-state index in [-0.39, 0.29) is 11.8 Å². The van der Waals surface area contributed by atoms with Crippen LogP contribution in [0.3, 0.4) is 0 Å². The number of hydrogen-bond acceptors (Lipinski definition) is 5. The molecule has 0 N–H and O–H groups in total. The predicted molar refractivity (Wildman–Crippen MR) is 90.2 cm³/mol. The third kappa shape index (κ3) is 2.64. The molecule has 2 atom stereocenters. The molecule has 0 saturated heterocycles. The highest BCUT2D eigenvalue weighted by Crippen LogP contribution is 2.45. The van der Waals surface area contributed by atoms with Crippen LogP contribution in [0.5, 0.6) is 5.75 Å². The molecule has 2 aliphatic rings. The minimum Gasteiger partial charge on any atom is -0.496 e. The SMILES string of the molecule is COC(=O)C1C(C)=NC2=C(C(=O)CCC2)[C@@H]1c1ccccc1OC. The van der Waals surface area contributed by atoms with Crippen molar-refractivity contribution in [2.45, 2.75) is 32.1 Å². The Morgan fingerprint density at radius 2 is 1.96 bits per heavy atom. The van der Waals surface area contributed by atoms with Gasteiger partial charge in [0.05, 0.1) is 14.2 Å². The summed E-state index contributed by atoms with van der Waals surface area (Å²) in [5.41, 5.74) is 2.96. The van der Waals surface area contributed by atoms with Crippen molar-refractivity contribution in [1.29, 1.82) is 0 Å². The maximum absolute atomic E-state index is 12.7. The van der Waals surface area contributed by atoms with Gasteiger partial charge >= 0.3 is 5.97 Å². The maximum atomic E-state index is 12.7. The second-order valence-corrected chi connectivity index (χ2v) is 6.11. The Balaban J connectivity index is 2.22. The molecule has 0 fully saturated rings. The highest BCUT2D eigenvalue weighted by Gasteiger charge is 2.43. The van der Waals surface area contributed by atoms with E-state index in [9.17, 15) is 9.59 Å². The van der Waals surface area contributed by atoms with Crippen molar-refractivity contribution >= 4 is 17.5 Å². The number of rotatable bonds is 3. The molecule has 126 valence electrons. The average molecular weight is 327 g/mol. The summed E-state index contributed by atoms with van der Waals surface area (Å²) in [5.74, 6) is -0.660. The fourth-order valence-electron chi connectivity index (χ4n) is 3.70. The lowest BCUT2D eigenvalue weighted by atomic mass is 9.71. The van der Waals surface area contributed by atoms with Crippen molar-refractivity contribution in [1.82, 2.24) is 0 Å². The van der Waals surface area contributed by atoms with Gasteiger partial charge in [0, 0.05) is 34.9 Å². The molecule has 0 radical (unpaired) electrons. The van der Waals surface area contributed by atoms with Crippen LogP contribution in [0.2, 0.25) is 0 Å². The summed E-state index contributed by atoms with van der Waals surface area (Å²) in [6, 6.07) is 7.51. The summed E-state index contributed by atoms with van der Waals surface area (Å²) in [6.45, 7) is 1.83. The first kappa shape index (κ1) is 16.4. The number of allylic oxidation sites excluding steroid dienone is 2. The van der Waals surface area contributed by atoms with E-state index >= 15 is 0 Å². The molecule has 1 aliphatic heterocycles. The summed E-state index contributed by atoms with van der Waals surface area (Å²) < 4.78 is 10.5. The maximum Gasteiger partial charge on any atom is 0.315 e. The number of ketones is 1. The molecule has 5 nitrogen and oxygen atoms in total. The molecule has 1 unspecified atom stereocenters. The Morgan fingerprint density at radius 3 is 2.67 bits per heavy atom. The summed E-state index contributed by atoms with van der Waals surface area (Å²) in [6.07, 6.45) is 2.06. The largest absolute Gasteiger partial charge is 0.496 e. The molecule has 0 bridgehead atoms. The van der Waals surface area contributed by atoms with Crippen LogP contribution in [-0.4, -0.2) is 31.7 Å². The summed E-state index contributed by atoms with van der Waals surface area (Å²) >= 11 is 0. The third-order valence-electron chi connectivity index (χ3n) is 4.76. The van der Waals surface area contributed by atoms with Crippen molar-refractivity contribution in [2.24, 2.45) is 10.9 Å². The van der Waals surface area contributed by atoms with Crippen LogP contribution < -0.4 is 4.74 Å². The van der Waals surface area contributed by atoms with Gasteiger partial charge in [0.2, 0.25) is 0 Å². The number of esters is 1. The van der Waals surface area contributed by atoms with Crippen LogP contribution in [0, 0.1) is 5.92 Å². The number of methoxy groups -OCH3 is 2. The van der Waals surface area contributed by atoms with Crippen molar-refractivity contribution in [3.05, 3.63) is 41.1 Å². The smallest absolute Gasteiger partial charge is 0.315 e. The van der Waals surface area contributed by atoms with Gasteiger partial charge < -0.3 is 9.47 Å². The number of carbonyl (C=O) groups is 2. The van der Waals surface area contributed by atoms with Crippen molar-refractivity contribution in [3.8, 4) is 5.75 Å². The molecular formula is C19H21NO4. The van der Waals surface area contributed by atoms with Crippen molar-refractivity contribution in [2.75, 3.05) is 14.2 Å². The highest BCUT2D eigenvalue weighted by atomic mass is 16.5. The molecule has 3 rings (SSSR count). The van der Waals surface area contributed by atoms with E-state index in [1.165, 1.54) is 7.11 Å². The van der Waals surface area contributed by atoms with Crippen LogP contribution in [-0.2, 0) is 14.3 Å². The molecule has 1 aromatic carbocycles. The fraction of sp³-hybridized carbons (Fsp3) is 0.421. The summed E-state index contributed by atoms with van der Waals surface area (Å²) in [4.78, 5) is 29.7. The summed E-state index contributed by atoms with van der Waals surface area (Å²) in [5, 5.41) is 0. The lowest BCUT2D eigenvalue weighted by Crippen LogP contribution is -2.37. The predicted octanol–water partition coefficient (Wildman–Crippen LogP) is 3.05. The van der Waals surface area contributed by atoms with Crippen LogP contribution in [0.25, 0.3) is 0 Å². The van der Waals surface area contributed by atoms with Gasteiger partial charge in [-0.3, -0.25) is 14.6 Å². The lowest BCUT2D eigenvalue weighted by Gasteiger charge is -2.34. The zero-order chi connectivity index (χ0) is 17.3. The zero-order valence-electron chi connectivity index (χ0n) is 14.2. The first-order valence-electron chi connectivity index (χ1n) is 8.10. The molecule has 1 aliphatic carbocycles. The number of carbonyl (C=O) groups excluding carboxylic acids is 2. The van der Waals surface area contributed by atoms with E-state index in [0.29, 0.717) is 23.5 Å². The number of Topliss-reactive ketones (excluding diaryl/α,β-unsaturated/α-hetero) is 1. The topological polar surface area (TPSA) is 65.0 Å². The van der Waals surface area contributed by atoms with Gasteiger partial charge in [-0.15, -0.1) is 0 Å². The average Bonchev–Trinajstić information content (AvgIpc) is 2.60. The van der Waals surface area contributed by atoms with E-state index in [1.54, 1.807) is 7.11 Å². The second-order valence-electron chi connectivity index (χ2n) is 6.11. The normalized spacial score (nSPS) is 23.5. The van der Waals surface area contributed by atoms with Crippen molar-refractivity contribution in [3.63, 3.8) is 0 Å². The number of hydrogen-bond donors (Lipinski definition) is 0. The van der Waals surface area contributed by atoms with Gasteiger partial charge in [-0.25, -0.2) is 0 Å². The second kappa shape index (κ2) is 6.59. The van der Waals surface area contributed by atoms with Crippen LogP contribution in [0.15, 0.2) is 40.5 Å². The molecule has 0 aromatic heterocycles. The van der Waals surface area contributed by atoms with Crippen LogP contribution >= 0.6 is 0 Å². The lowest BCUT2D eigenvalue weighted by molar-refractivity contribution is -0.143. The Bertz CT molecular complexity index is 747. The van der Waals surface area contributed by atoms with E-state index in [4.69, 9.17) is 9.47 Å². The number of nitrogens with zero attached hydrogens (tertiary/aromatic N) is 1. The number of benzene rings is 1. The van der Waals surface area contributed by atoms with Crippen LogP contribution in [0.1, 0.15) is 37.7 Å². The fourth-order valence-corrected chi connectivity index (χ4v) is 3.70. The quantitative estimate of drug-likeness (QED) is 0.800. The van der Waals surface area contributed by atoms with Crippen LogP contribution in [0.4, 0.5) is 0 Å². The minimum atomic E-state index is -0.605. The first-order chi connectivity index (χ1) is 11.6. The monoisotopic (exact) mass is 327 g/mol. The molecule has 24 heavy (non-hydrogen) atoms. The minimum absolute atomic E-state index is 0.0670. The van der Waals surface area contributed by atoms with E-state index in [0.717, 1.165) is 24.1 Å². The zero-order valence-corrected chi connectivity index (χ0v) is 14.2. The number of aliphatic imine (C=N–C) groups is 1. The van der Waals surface area contributed by atoms with E-state index < -0.39 is 11.8 Å². The Labute approximate surface area is 141 Å². The standard InChI is InChI=1S/C19H21NO4/c1-11-16(19(22)24-3)17(12-7-4-5-10-15(12)23-2)18-13(20-11)8-6-9-14(18)21/h4-5,7,10,16-17H,6,8-9H2,1-3H3/t16?,17-/m1/s1. The Hall–Kier alpha value is -2.43. The van der Waals surface area contributed by atoms with Gasteiger partial charge in [-0.2, -0.15) is 0 Å². The number of para-hydroxylation sites is 1. The summed E-state index contributed by atoms with van der Waals surface area (Å²) in [7, 11) is 2.95. The molecule has 0 saturated carbocycles.